The topological polar surface area (TPSA) is 49.0 Å². The van der Waals surface area contributed by atoms with Crippen LogP contribution < -0.4 is 0 Å². The molecule has 3 aromatic carbocycles. The molecule has 2 heterocycles. The maximum Gasteiger partial charge on any atom is 0.253 e. The quantitative estimate of drug-likeness (QED) is 0.483. The molecule has 31 heavy (non-hydrogen) atoms. The summed E-state index contributed by atoms with van der Waals surface area (Å²) >= 11 is 0. The van der Waals surface area contributed by atoms with Crippen LogP contribution in [-0.4, -0.2) is 33.9 Å². The van der Waals surface area contributed by atoms with Crippen LogP contribution in [0.4, 0.5) is 4.39 Å². The second-order valence-corrected chi connectivity index (χ2v) is 8.20. The molecule has 1 amide bonds. The number of aromatic amines is 1. The molecule has 4 aromatic rings. The smallest absolute Gasteiger partial charge is 0.253 e. The summed E-state index contributed by atoms with van der Waals surface area (Å²) in [4.78, 5) is 22.9. The van der Waals surface area contributed by atoms with E-state index in [4.69, 9.17) is 0 Å². The van der Waals surface area contributed by atoms with Crippen LogP contribution in [0.2, 0.25) is 0 Å². The number of nitrogens with one attached hydrogen (secondary N) is 1. The number of likely N-dealkylation sites (tertiary alicyclic amines) is 1. The maximum atomic E-state index is 14.0. The van der Waals surface area contributed by atoms with Gasteiger partial charge in [0.2, 0.25) is 0 Å². The Bertz CT molecular complexity index is 1170. The lowest BCUT2D eigenvalue weighted by Gasteiger charge is -2.31. The molecule has 0 saturated carbocycles. The molecule has 1 aliphatic heterocycles. The van der Waals surface area contributed by atoms with E-state index in [1.54, 1.807) is 24.3 Å². The van der Waals surface area contributed by atoms with Crippen molar-refractivity contribution < 1.29 is 9.18 Å². The van der Waals surface area contributed by atoms with Crippen LogP contribution in [0.5, 0.6) is 0 Å². The molecule has 0 atom stereocenters. The minimum atomic E-state index is -0.256. The predicted octanol–water partition coefficient (Wildman–Crippen LogP) is 5.46. The van der Waals surface area contributed by atoms with Crippen molar-refractivity contribution in [2.75, 3.05) is 13.1 Å². The highest BCUT2D eigenvalue weighted by molar-refractivity contribution is 5.94. The van der Waals surface area contributed by atoms with Crippen molar-refractivity contribution >= 4 is 16.9 Å². The summed E-state index contributed by atoms with van der Waals surface area (Å²) in [5.74, 6) is 1.33. The van der Waals surface area contributed by atoms with Gasteiger partial charge in [-0.2, -0.15) is 0 Å². The van der Waals surface area contributed by atoms with E-state index in [0.29, 0.717) is 17.0 Å². The Morgan fingerprint density at radius 3 is 2.42 bits per heavy atom. The van der Waals surface area contributed by atoms with Gasteiger partial charge in [0.1, 0.15) is 11.6 Å². The molecule has 0 radical (unpaired) electrons. The highest BCUT2D eigenvalue weighted by Crippen LogP contribution is 2.25. The molecule has 0 spiro atoms. The van der Waals surface area contributed by atoms with Crippen molar-refractivity contribution in [1.82, 2.24) is 14.9 Å². The van der Waals surface area contributed by atoms with Crippen molar-refractivity contribution in [1.29, 1.82) is 0 Å². The van der Waals surface area contributed by atoms with E-state index in [1.807, 2.05) is 47.4 Å². The van der Waals surface area contributed by atoms with Gasteiger partial charge in [-0.05, 0) is 54.7 Å². The summed E-state index contributed by atoms with van der Waals surface area (Å²) < 4.78 is 14.0. The van der Waals surface area contributed by atoms with Gasteiger partial charge in [-0.15, -0.1) is 0 Å². The fourth-order valence-electron chi connectivity index (χ4n) is 4.39. The Balaban J connectivity index is 1.20. The SMILES string of the molecule is O=C(c1ccc(-c2ccccc2F)cc1)N1CCC(Cc2nc3ccccc3[nH]2)CC1. The Morgan fingerprint density at radius 1 is 0.968 bits per heavy atom. The number of nitrogens with zero attached hydrogens (tertiary/aromatic N) is 2. The Labute approximate surface area is 180 Å². The first-order valence-electron chi connectivity index (χ1n) is 10.8. The Hall–Kier alpha value is -3.47. The summed E-state index contributed by atoms with van der Waals surface area (Å²) in [7, 11) is 0. The number of carbonyl (C=O) groups is 1. The molecule has 1 aromatic heterocycles. The highest BCUT2D eigenvalue weighted by atomic mass is 19.1. The number of halogens is 1. The van der Waals surface area contributed by atoms with Gasteiger partial charge >= 0.3 is 0 Å². The molecule has 1 fully saturated rings. The van der Waals surface area contributed by atoms with Crippen LogP contribution in [0.1, 0.15) is 29.0 Å². The lowest BCUT2D eigenvalue weighted by molar-refractivity contribution is 0.0690. The number of H-pyrrole nitrogens is 1. The van der Waals surface area contributed by atoms with Crippen LogP contribution in [0.25, 0.3) is 22.2 Å². The monoisotopic (exact) mass is 413 g/mol. The first-order valence-corrected chi connectivity index (χ1v) is 10.8. The van der Waals surface area contributed by atoms with Gasteiger partial charge in [0.25, 0.3) is 5.91 Å². The van der Waals surface area contributed by atoms with Crippen LogP contribution in [-0.2, 0) is 6.42 Å². The number of piperidine rings is 1. The van der Waals surface area contributed by atoms with Gasteiger partial charge in [-0.25, -0.2) is 9.37 Å². The summed E-state index contributed by atoms with van der Waals surface area (Å²) in [5, 5.41) is 0. The normalized spacial score (nSPS) is 14.8. The number of imidazole rings is 1. The van der Waals surface area contributed by atoms with Gasteiger partial charge in [0, 0.05) is 30.6 Å². The maximum absolute atomic E-state index is 14.0. The third kappa shape index (κ3) is 4.08. The van der Waals surface area contributed by atoms with Crippen LogP contribution >= 0.6 is 0 Å². The largest absolute Gasteiger partial charge is 0.342 e. The van der Waals surface area contributed by atoms with Gasteiger partial charge in [0.15, 0.2) is 0 Å². The standard InChI is InChI=1S/C26H24FN3O/c27-22-6-2-1-5-21(22)19-9-11-20(12-10-19)26(31)30-15-13-18(14-16-30)17-25-28-23-7-3-4-8-24(23)29-25/h1-12,18H,13-17H2,(H,28,29). The molecule has 156 valence electrons. The molecule has 4 nitrogen and oxygen atoms in total. The average molecular weight is 413 g/mol. The van der Waals surface area contributed by atoms with Crippen molar-refractivity contribution in [3.8, 4) is 11.1 Å². The number of aromatic nitrogens is 2. The molecule has 5 rings (SSSR count). The zero-order valence-electron chi connectivity index (χ0n) is 17.2. The van der Waals surface area contributed by atoms with Crippen molar-refractivity contribution in [2.45, 2.75) is 19.3 Å². The number of carbonyl (C=O) groups excluding carboxylic acids is 1. The zero-order chi connectivity index (χ0) is 21.2. The van der Waals surface area contributed by atoms with Gasteiger partial charge in [-0.3, -0.25) is 4.79 Å². The highest BCUT2D eigenvalue weighted by Gasteiger charge is 2.24. The van der Waals surface area contributed by atoms with Crippen LogP contribution in [0, 0.1) is 11.7 Å². The minimum Gasteiger partial charge on any atom is -0.342 e. The van der Waals surface area contributed by atoms with Crippen molar-refractivity contribution in [3.63, 3.8) is 0 Å². The molecule has 0 unspecified atom stereocenters. The molecular formula is C26H24FN3O. The van der Waals surface area contributed by atoms with E-state index in [9.17, 15) is 9.18 Å². The second kappa shape index (κ2) is 8.34. The van der Waals surface area contributed by atoms with Gasteiger partial charge < -0.3 is 9.88 Å². The predicted molar refractivity (Wildman–Crippen MR) is 120 cm³/mol. The van der Waals surface area contributed by atoms with Crippen molar-refractivity contribution in [2.24, 2.45) is 5.92 Å². The van der Waals surface area contributed by atoms with Gasteiger partial charge in [-0.1, -0.05) is 42.5 Å². The summed E-state index contributed by atoms with van der Waals surface area (Å²) in [6.07, 6.45) is 2.85. The lowest BCUT2D eigenvalue weighted by Crippen LogP contribution is -2.39. The second-order valence-electron chi connectivity index (χ2n) is 8.20. The number of para-hydroxylation sites is 2. The average Bonchev–Trinajstić information content (AvgIpc) is 3.22. The fourth-order valence-corrected chi connectivity index (χ4v) is 4.39. The van der Waals surface area contributed by atoms with Crippen LogP contribution in [0.3, 0.4) is 0 Å². The first-order chi connectivity index (χ1) is 15.2. The number of rotatable bonds is 4. The van der Waals surface area contributed by atoms with Gasteiger partial charge in [0.05, 0.1) is 11.0 Å². The molecule has 1 aliphatic rings. The summed E-state index contributed by atoms with van der Waals surface area (Å²) in [6, 6.07) is 22.0. The molecular weight excluding hydrogens is 389 g/mol. The third-order valence-electron chi connectivity index (χ3n) is 6.14. The Kier molecular flexibility index (Phi) is 5.24. The van der Waals surface area contributed by atoms with E-state index in [0.717, 1.165) is 54.8 Å². The summed E-state index contributed by atoms with van der Waals surface area (Å²) in [5.41, 5.74) is 4.05. The molecule has 1 saturated heterocycles. The Morgan fingerprint density at radius 2 is 1.68 bits per heavy atom. The lowest BCUT2D eigenvalue weighted by atomic mass is 9.93. The van der Waals surface area contributed by atoms with E-state index in [1.165, 1.54) is 6.07 Å². The number of amides is 1. The fraction of sp³-hybridized carbons (Fsp3) is 0.231. The van der Waals surface area contributed by atoms with E-state index >= 15 is 0 Å². The zero-order valence-corrected chi connectivity index (χ0v) is 17.2. The van der Waals surface area contributed by atoms with E-state index < -0.39 is 0 Å². The first kappa shape index (κ1) is 19.5. The minimum absolute atomic E-state index is 0.0438. The third-order valence-corrected chi connectivity index (χ3v) is 6.14. The molecule has 0 bridgehead atoms. The van der Waals surface area contributed by atoms with E-state index in [2.05, 4.69) is 9.97 Å². The number of fused-ring (bicyclic) bond motifs is 1. The number of hydrogen-bond acceptors (Lipinski definition) is 2. The molecule has 5 heteroatoms. The van der Waals surface area contributed by atoms with Crippen molar-refractivity contribution in [3.05, 3.63) is 90.0 Å². The number of benzene rings is 3. The van der Waals surface area contributed by atoms with Crippen LogP contribution in [0.15, 0.2) is 72.8 Å². The molecule has 1 N–H and O–H groups in total. The van der Waals surface area contributed by atoms with E-state index in [-0.39, 0.29) is 11.7 Å². The summed E-state index contributed by atoms with van der Waals surface area (Å²) in [6.45, 7) is 1.50. The number of hydrogen-bond donors (Lipinski definition) is 1. The molecule has 0 aliphatic carbocycles.